The quantitative estimate of drug-likeness (QED) is 0.400. The average Bonchev–Trinajstić information content (AvgIpc) is 3.07. The van der Waals surface area contributed by atoms with E-state index in [9.17, 15) is 4.79 Å². The maximum Gasteiger partial charge on any atom is 0.331 e. The molecule has 122 valence electrons. The van der Waals surface area contributed by atoms with E-state index in [0.29, 0.717) is 0 Å². The number of pyridine rings is 1. The van der Waals surface area contributed by atoms with E-state index < -0.39 is 5.97 Å². The van der Waals surface area contributed by atoms with Gasteiger partial charge in [0.1, 0.15) is 11.6 Å². The number of fused-ring (bicyclic) bond motifs is 2. The van der Waals surface area contributed by atoms with Gasteiger partial charge in [0.05, 0.1) is 15.7 Å². The van der Waals surface area contributed by atoms with Crippen molar-refractivity contribution in [2.75, 3.05) is 0 Å². The monoisotopic (exact) mass is 346 g/mol. The summed E-state index contributed by atoms with van der Waals surface area (Å²) < 4.78 is 6.38. The molecule has 25 heavy (non-hydrogen) atoms. The molecule has 0 saturated heterocycles. The number of rotatable bonds is 4. The molecule has 2 heterocycles. The molecule has 0 fully saturated rings. The molecule has 0 amide bonds. The average molecular weight is 346 g/mol. The zero-order chi connectivity index (χ0) is 17.1. The lowest BCUT2D eigenvalue weighted by atomic mass is 10.1. The zero-order valence-electron chi connectivity index (χ0n) is 13.3. The van der Waals surface area contributed by atoms with Gasteiger partial charge in [0.2, 0.25) is 0 Å². The van der Waals surface area contributed by atoms with Crippen molar-refractivity contribution in [3.05, 3.63) is 77.4 Å². The van der Waals surface area contributed by atoms with Crippen LogP contribution in [0.5, 0.6) is 0 Å². The number of esters is 1. The van der Waals surface area contributed by atoms with E-state index in [1.165, 1.54) is 17.4 Å². The number of para-hydroxylation sites is 2. The van der Waals surface area contributed by atoms with Crippen LogP contribution in [-0.2, 0) is 16.1 Å². The van der Waals surface area contributed by atoms with Crippen molar-refractivity contribution in [2.45, 2.75) is 6.61 Å². The Morgan fingerprint density at radius 2 is 1.96 bits per heavy atom. The van der Waals surface area contributed by atoms with Crippen molar-refractivity contribution in [1.82, 2.24) is 9.97 Å². The van der Waals surface area contributed by atoms with Gasteiger partial charge in [-0.15, -0.1) is 11.3 Å². The Balaban J connectivity index is 1.45. The Labute approximate surface area is 148 Å². The van der Waals surface area contributed by atoms with Crippen LogP contribution < -0.4 is 0 Å². The molecule has 0 aliphatic rings. The fraction of sp³-hybridized carbons (Fsp3) is 0.0500. The Morgan fingerprint density at radius 1 is 1.08 bits per heavy atom. The molecule has 5 heteroatoms. The van der Waals surface area contributed by atoms with Gasteiger partial charge in [-0.1, -0.05) is 36.4 Å². The molecule has 0 atom stereocenters. The summed E-state index contributed by atoms with van der Waals surface area (Å²) in [7, 11) is 0. The zero-order valence-corrected chi connectivity index (χ0v) is 14.1. The molecular formula is C20H14N2O2S. The van der Waals surface area contributed by atoms with Gasteiger partial charge < -0.3 is 4.74 Å². The summed E-state index contributed by atoms with van der Waals surface area (Å²) in [5, 5.41) is 1.82. The largest absolute Gasteiger partial charge is 0.455 e. The molecular weight excluding hydrogens is 332 g/mol. The topological polar surface area (TPSA) is 52.1 Å². The predicted octanol–water partition coefficient (Wildman–Crippen LogP) is 4.60. The fourth-order valence-corrected chi connectivity index (χ4v) is 3.46. The summed E-state index contributed by atoms with van der Waals surface area (Å²) in [5.41, 5.74) is 2.67. The van der Waals surface area contributed by atoms with Crippen molar-refractivity contribution >= 4 is 44.5 Å². The Morgan fingerprint density at radius 3 is 2.88 bits per heavy atom. The van der Waals surface area contributed by atoms with Crippen LogP contribution in [0.3, 0.4) is 0 Å². The summed E-state index contributed by atoms with van der Waals surface area (Å²) in [6.07, 6.45) is 4.90. The SMILES string of the molecule is O=C(/C=C/c1cccc2cccnc12)OCc1nc2ccccc2s1. The van der Waals surface area contributed by atoms with Gasteiger partial charge in [0.25, 0.3) is 0 Å². The van der Waals surface area contributed by atoms with E-state index in [2.05, 4.69) is 9.97 Å². The number of benzene rings is 2. The second kappa shape index (κ2) is 6.83. The van der Waals surface area contributed by atoms with Gasteiger partial charge in [-0.3, -0.25) is 4.98 Å². The molecule has 0 bridgehead atoms. The van der Waals surface area contributed by atoms with E-state index in [0.717, 1.165) is 31.7 Å². The van der Waals surface area contributed by atoms with E-state index >= 15 is 0 Å². The molecule has 0 saturated carbocycles. The number of ether oxygens (including phenoxy) is 1. The summed E-state index contributed by atoms with van der Waals surface area (Å²) in [4.78, 5) is 20.8. The van der Waals surface area contributed by atoms with Gasteiger partial charge in [-0.05, 0) is 24.3 Å². The number of carbonyl (C=O) groups excluding carboxylic acids is 1. The van der Waals surface area contributed by atoms with Gasteiger partial charge in [0, 0.05) is 23.2 Å². The molecule has 0 N–H and O–H groups in total. The number of carbonyl (C=O) groups is 1. The third kappa shape index (κ3) is 3.41. The van der Waals surface area contributed by atoms with Crippen LogP contribution in [0.15, 0.2) is 66.9 Å². The van der Waals surface area contributed by atoms with Crippen molar-refractivity contribution in [1.29, 1.82) is 0 Å². The van der Waals surface area contributed by atoms with Gasteiger partial charge >= 0.3 is 5.97 Å². The minimum Gasteiger partial charge on any atom is -0.455 e. The van der Waals surface area contributed by atoms with Crippen molar-refractivity contribution in [3.63, 3.8) is 0 Å². The number of hydrogen-bond acceptors (Lipinski definition) is 5. The summed E-state index contributed by atoms with van der Waals surface area (Å²) in [6.45, 7) is 0.177. The first kappa shape index (κ1) is 15.5. The van der Waals surface area contributed by atoms with Crippen LogP contribution >= 0.6 is 11.3 Å². The Hall–Kier alpha value is -3.05. The molecule has 4 rings (SSSR count). The first-order valence-corrected chi connectivity index (χ1v) is 8.64. The van der Waals surface area contributed by atoms with E-state index in [1.54, 1.807) is 12.3 Å². The summed E-state index contributed by atoms with van der Waals surface area (Å²) in [6, 6.07) is 17.6. The van der Waals surface area contributed by atoms with E-state index in [4.69, 9.17) is 4.74 Å². The van der Waals surface area contributed by atoms with Crippen LogP contribution in [0.25, 0.3) is 27.2 Å². The lowest BCUT2D eigenvalue weighted by Gasteiger charge is -2.01. The molecule has 0 unspecified atom stereocenters. The lowest BCUT2D eigenvalue weighted by molar-refractivity contribution is -0.138. The van der Waals surface area contributed by atoms with Gasteiger partial charge in [-0.25, -0.2) is 9.78 Å². The molecule has 4 nitrogen and oxygen atoms in total. The molecule has 0 spiro atoms. The third-order valence-corrected chi connectivity index (χ3v) is 4.75. The smallest absolute Gasteiger partial charge is 0.331 e. The third-order valence-electron chi connectivity index (χ3n) is 3.74. The van der Waals surface area contributed by atoms with Gasteiger partial charge in [-0.2, -0.15) is 0 Å². The minimum absolute atomic E-state index is 0.177. The molecule has 0 radical (unpaired) electrons. The van der Waals surface area contributed by atoms with Crippen LogP contribution in [0, 0.1) is 0 Å². The molecule has 0 aliphatic heterocycles. The molecule has 4 aromatic rings. The summed E-state index contributed by atoms with van der Waals surface area (Å²) in [5.74, 6) is -0.396. The maximum atomic E-state index is 12.0. The highest BCUT2D eigenvalue weighted by Crippen LogP contribution is 2.22. The second-order valence-corrected chi connectivity index (χ2v) is 6.55. The number of thiazole rings is 1. The highest BCUT2D eigenvalue weighted by molar-refractivity contribution is 7.18. The summed E-state index contributed by atoms with van der Waals surface area (Å²) >= 11 is 1.53. The number of hydrogen-bond donors (Lipinski definition) is 0. The van der Waals surface area contributed by atoms with Crippen LogP contribution in [0.2, 0.25) is 0 Å². The maximum absolute atomic E-state index is 12.0. The number of nitrogens with zero attached hydrogens (tertiary/aromatic N) is 2. The van der Waals surface area contributed by atoms with Crippen LogP contribution in [-0.4, -0.2) is 15.9 Å². The molecule has 2 aromatic carbocycles. The minimum atomic E-state index is -0.396. The Bertz CT molecular complexity index is 1050. The molecule has 0 aliphatic carbocycles. The fourth-order valence-electron chi connectivity index (χ4n) is 2.58. The van der Waals surface area contributed by atoms with E-state index in [1.807, 2.05) is 54.6 Å². The van der Waals surface area contributed by atoms with Crippen molar-refractivity contribution in [3.8, 4) is 0 Å². The van der Waals surface area contributed by atoms with Crippen molar-refractivity contribution in [2.24, 2.45) is 0 Å². The normalized spacial score (nSPS) is 11.4. The Kier molecular flexibility index (Phi) is 4.23. The highest BCUT2D eigenvalue weighted by atomic mass is 32.1. The first-order valence-electron chi connectivity index (χ1n) is 7.83. The highest BCUT2D eigenvalue weighted by Gasteiger charge is 2.06. The number of aromatic nitrogens is 2. The standard InChI is InChI=1S/C20H14N2O2S/c23-19(24-13-18-22-16-8-1-2-9-17(16)25-18)11-10-15-6-3-5-14-7-4-12-21-20(14)15/h1-12H,13H2/b11-10+. The van der Waals surface area contributed by atoms with Crippen molar-refractivity contribution < 1.29 is 9.53 Å². The first-order chi connectivity index (χ1) is 12.3. The predicted molar refractivity (Wildman–Crippen MR) is 100 cm³/mol. The van der Waals surface area contributed by atoms with Crippen LogP contribution in [0.4, 0.5) is 0 Å². The second-order valence-electron chi connectivity index (χ2n) is 5.44. The molecule has 2 aromatic heterocycles. The van der Waals surface area contributed by atoms with Gasteiger partial charge in [0.15, 0.2) is 0 Å². The van der Waals surface area contributed by atoms with Crippen LogP contribution in [0.1, 0.15) is 10.6 Å². The lowest BCUT2D eigenvalue weighted by Crippen LogP contribution is -2.00. The van der Waals surface area contributed by atoms with E-state index in [-0.39, 0.29) is 6.61 Å².